The van der Waals surface area contributed by atoms with Crippen LogP contribution in [0, 0.1) is 0 Å². The summed E-state index contributed by atoms with van der Waals surface area (Å²) in [6.45, 7) is 5.88. The van der Waals surface area contributed by atoms with Gasteiger partial charge < -0.3 is 14.8 Å². The van der Waals surface area contributed by atoms with Gasteiger partial charge in [-0.3, -0.25) is 0 Å². The van der Waals surface area contributed by atoms with E-state index in [9.17, 15) is 18.0 Å². The van der Waals surface area contributed by atoms with Crippen molar-refractivity contribution < 1.29 is 27.4 Å². The van der Waals surface area contributed by atoms with E-state index in [1.807, 2.05) is 0 Å². The molecule has 0 atom stereocenters. The Morgan fingerprint density at radius 3 is 2.43 bits per heavy atom. The lowest BCUT2D eigenvalue weighted by Gasteiger charge is -2.19. The van der Waals surface area contributed by atoms with E-state index >= 15 is 0 Å². The standard InChI is InChI=1S/C15H19BrF3NO3/c1-14(2,3)23-13(21)20-7-4-8-22-12-6-5-10(9-11(12)16)15(17,18)19/h5-6,9H,4,7-8H2,1-3H3,(H,20,21). The number of carbonyl (C=O) groups is 1. The molecule has 8 heteroatoms. The second kappa shape index (κ2) is 7.90. The second-order valence-electron chi connectivity index (χ2n) is 5.77. The number of amides is 1. The van der Waals surface area contributed by atoms with Crippen LogP contribution in [-0.2, 0) is 10.9 Å². The van der Waals surface area contributed by atoms with Gasteiger partial charge in [-0.15, -0.1) is 0 Å². The van der Waals surface area contributed by atoms with Gasteiger partial charge in [0, 0.05) is 6.54 Å². The average Bonchev–Trinajstić information content (AvgIpc) is 2.36. The molecule has 0 saturated carbocycles. The third-order valence-corrected chi connectivity index (χ3v) is 3.13. The molecule has 0 spiro atoms. The van der Waals surface area contributed by atoms with E-state index in [1.165, 1.54) is 6.07 Å². The second-order valence-corrected chi connectivity index (χ2v) is 6.63. The van der Waals surface area contributed by atoms with Gasteiger partial charge in [-0.1, -0.05) is 0 Å². The molecule has 0 bridgehead atoms. The lowest BCUT2D eigenvalue weighted by molar-refractivity contribution is -0.137. The molecule has 0 aromatic heterocycles. The summed E-state index contributed by atoms with van der Waals surface area (Å²) >= 11 is 3.05. The predicted octanol–water partition coefficient (Wildman–Crippen LogP) is 4.76. The zero-order chi connectivity index (χ0) is 17.7. The van der Waals surface area contributed by atoms with Crippen molar-refractivity contribution in [3.05, 3.63) is 28.2 Å². The first-order chi connectivity index (χ1) is 10.5. The van der Waals surface area contributed by atoms with Crippen LogP contribution in [-0.4, -0.2) is 24.8 Å². The SMILES string of the molecule is CC(C)(C)OC(=O)NCCCOc1ccc(C(F)(F)F)cc1Br. The number of halogens is 4. The van der Waals surface area contributed by atoms with Gasteiger partial charge in [0.15, 0.2) is 0 Å². The van der Waals surface area contributed by atoms with Crippen molar-refractivity contribution in [3.63, 3.8) is 0 Å². The minimum absolute atomic E-state index is 0.229. The van der Waals surface area contributed by atoms with Gasteiger partial charge in [-0.25, -0.2) is 4.79 Å². The number of alkyl carbamates (subject to hydrolysis) is 1. The Bertz CT molecular complexity index is 542. The molecular weight excluding hydrogens is 379 g/mol. The fourth-order valence-corrected chi connectivity index (χ4v) is 2.05. The number of carbonyl (C=O) groups excluding carboxylic acids is 1. The zero-order valence-electron chi connectivity index (χ0n) is 13.1. The maximum absolute atomic E-state index is 12.5. The normalized spacial score (nSPS) is 12.0. The quantitative estimate of drug-likeness (QED) is 0.728. The Kier molecular flexibility index (Phi) is 6.73. The molecule has 23 heavy (non-hydrogen) atoms. The molecule has 0 unspecified atom stereocenters. The Labute approximate surface area is 141 Å². The van der Waals surface area contributed by atoms with Crippen molar-refractivity contribution >= 4 is 22.0 Å². The fraction of sp³-hybridized carbons (Fsp3) is 0.533. The van der Waals surface area contributed by atoms with Gasteiger partial charge in [0.1, 0.15) is 11.4 Å². The number of alkyl halides is 3. The number of ether oxygens (including phenoxy) is 2. The highest BCUT2D eigenvalue weighted by atomic mass is 79.9. The molecule has 1 aromatic carbocycles. The maximum Gasteiger partial charge on any atom is 0.416 e. The topological polar surface area (TPSA) is 47.6 Å². The molecule has 0 radical (unpaired) electrons. The van der Waals surface area contributed by atoms with Gasteiger partial charge in [-0.2, -0.15) is 13.2 Å². The Morgan fingerprint density at radius 1 is 1.26 bits per heavy atom. The van der Waals surface area contributed by atoms with Gasteiger partial charge in [0.25, 0.3) is 0 Å². The summed E-state index contributed by atoms with van der Waals surface area (Å²) in [6.07, 6.45) is -4.42. The lowest BCUT2D eigenvalue weighted by atomic mass is 10.2. The molecule has 0 fully saturated rings. The summed E-state index contributed by atoms with van der Waals surface area (Å²) in [5.74, 6) is 0.315. The summed E-state index contributed by atoms with van der Waals surface area (Å²) in [5, 5.41) is 2.57. The molecule has 4 nitrogen and oxygen atoms in total. The number of hydrogen-bond acceptors (Lipinski definition) is 3. The van der Waals surface area contributed by atoms with Crippen LogP contribution in [0.3, 0.4) is 0 Å². The predicted molar refractivity (Wildman–Crippen MR) is 83.5 cm³/mol. The monoisotopic (exact) mass is 397 g/mol. The van der Waals surface area contributed by atoms with Crippen LogP contribution in [0.1, 0.15) is 32.8 Å². The van der Waals surface area contributed by atoms with Crippen LogP contribution in [0.25, 0.3) is 0 Å². The lowest BCUT2D eigenvalue weighted by Crippen LogP contribution is -2.33. The van der Waals surface area contributed by atoms with Crippen molar-refractivity contribution in [2.24, 2.45) is 0 Å². The molecule has 0 aliphatic carbocycles. The van der Waals surface area contributed by atoms with E-state index in [4.69, 9.17) is 9.47 Å². The molecule has 0 saturated heterocycles. The molecule has 0 aliphatic rings. The zero-order valence-corrected chi connectivity index (χ0v) is 14.7. The van der Waals surface area contributed by atoms with Crippen molar-refractivity contribution in [2.75, 3.05) is 13.2 Å². The van der Waals surface area contributed by atoms with Crippen molar-refractivity contribution in [1.29, 1.82) is 0 Å². The number of hydrogen-bond donors (Lipinski definition) is 1. The van der Waals surface area contributed by atoms with Gasteiger partial charge in [0.2, 0.25) is 0 Å². The average molecular weight is 398 g/mol. The van der Waals surface area contributed by atoms with Crippen LogP contribution in [0.4, 0.5) is 18.0 Å². The van der Waals surface area contributed by atoms with Crippen LogP contribution in [0.5, 0.6) is 5.75 Å². The van der Waals surface area contributed by atoms with Crippen molar-refractivity contribution in [2.45, 2.75) is 39.0 Å². The fourth-order valence-electron chi connectivity index (χ4n) is 1.55. The summed E-state index contributed by atoms with van der Waals surface area (Å²) in [7, 11) is 0. The van der Waals surface area contributed by atoms with E-state index < -0.39 is 23.4 Å². The van der Waals surface area contributed by atoms with Crippen LogP contribution in [0.15, 0.2) is 22.7 Å². The highest BCUT2D eigenvalue weighted by Gasteiger charge is 2.30. The first-order valence-corrected chi connectivity index (χ1v) is 7.75. The minimum Gasteiger partial charge on any atom is -0.492 e. The van der Waals surface area contributed by atoms with E-state index in [0.29, 0.717) is 18.7 Å². The highest BCUT2D eigenvalue weighted by Crippen LogP contribution is 2.34. The van der Waals surface area contributed by atoms with E-state index in [-0.39, 0.29) is 11.1 Å². The number of nitrogens with one attached hydrogen (secondary N) is 1. The summed E-state index contributed by atoms with van der Waals surface area (Å²) in [5.41, 5.74) is -1.31. The van der Waals surface area contributed by atoms with Crippen molar-refractivity contribution in [1.82, 2.24) is 5.32 Å². The van der Waals surface area contributed by atoms with E-state index in [0.717, 1.165) is 12.1 Å². The molecule has 1 N–H and O–H groups in total. The Balaban J connectivity index is 2.35. The van der Waals surface area contributed by atoms with Crippen molar-refractivity contribution in [3.8, 4) is 5.75 Å². The first-order valence-electron chi connectivity index (χ1n) is 6.95. The maximum atomic E-state index is 12.5. The van der Waals surface area contributed by atoms with Crippen LogP contribution >= 0.6 is 15.9 Å². The highest BCUT2D eigenvalue weighted by molar-refractivity contribution is 9.10. The summed E-state index contributed by atoms with van der Waals surface area (Å²) in [4.78, 5) is 11.4. The largest absolute Gasteiger partial charge is 0.492 e. The minimum atomic E-state index is -4.39. The molecule has 1 aromatic rings. The van der Waals surface area contributed by atoms with Gasteiger partial charge >= 0.3 is 12.3 Å². The summed E-state index contributed by atoms with van der Waals surface area (Å²) in [6, 6.07) is 3.18. The van der Waals surface area contributed by atoms with Crippen LogP contribution < -0.4 is 10.1 Å². The van der Waals surface area contributed by atoms with Crippen LogP contribution in [0.2, 0.25) is 0 Å². The number of benzene rings is 1. The Morgan fingerprint density at radius 2 is 1.91 bits per heavy atom. The molecule has 130 valence electrons. The van der Waals surface area contributed by atoms with E-state index in [1.54, 1.807) is 20.8 Å². The molecule has 1 amide bonds. The third-order valence-electron chi connectivity index (χ3n) is 2.51. The molecule has 0 aliphatic heterocycles. The molecule has 1 rings (SSSR count). The van der Waals surface area contributed by atoms with Gasteiger partial charge in [-0.05, 0) is 61.3 Å². The number of rotatable bonds is 5. The first kappa shape index (κ1) is 19.6. The third kappa shape index (κ3) is 7.58. The Hall–Kier alpha value is -1.44. The molecule has 0 heterocycles. The smallest absolute Gasteiger partial charge is 0.416 e. The molecular formula is C15H19BrF3NO3. The van der Waals surface area contributed by atoms with E-state index in [2.05, 4.69) is 21.2 Å². The van der Waals surface area contributed by atoms with Gasteiger partial charge in [0.05, 0.1) is 16.6 Å². The summed E-state index contributed by atoms with van der Waals surface area (Å²) < 4.78 is 48.3.